The molecular weight excluding hydrogens is 685 g/mol. The second kappa shape index (κ2) is 11.9. The van der Waals surface area contributed by atoms with E-state index in [0.29, 0.717) is 0 Å². The molecule has 0 atom stereocenters. The number of hydrogen-bond donors (Lipinski definition) is 4. The molecule has 0 amide bonds. The molecule has 0 aromatic heterocycles. The minimum absolute atomic E-state index is 0.145. The summed E-state index contributed by atoms with van der Waals surface area (Å²) in [7, 11) is 0. The topological polar surface area (TPSA) is 80.2 Å². The van der Waals surface area contributed by atoms with Gasteiger partial charge in [-0.05, 0) is 142 Å². The molecule has 12 rings (SSSR count). The van der Waals surface area contributed by atoms with Gasteiger partial charge >= 0.3 is 5.96 Å². The SMILES string of the molecule is N=C(N)NN(C(Nc1ccc2c3c(cccc13)CC2)=[N+](c1ccc2c3c(cccc13)CC2)c1ccc2c3c(cccc13)CC2)c1ccc2c3c(cccc13)CC2. The first-order valence-corrected chi connectivity index (χ1v) is 20.1. The number of nitrogens with one attached hydrogen (secondary N) is 3. The average molecular weight is 726 g/mol. The summed E-state index contributed by atoms with van der Waals surface area (Å²) < 4.78 is 2.41. The van der Waals surface area contributed by atoms with E-state index in [-0.39, 0.29) is 5.96 Å². The van der Waals surface area contributed by atoms with Crippen molar-refractivity contribution in [3.63, 3.8) is 0 Å². The van der Waals surface area contributed by atoms with E-state index < -0.39 is 0 Å². The largest absolute Gasteiger partial charge is 0.390 e. The molecule has 0 saturated carbocycles. The van der Waals surface area contributed by atoms with E-state index in [1.807, 2.05) is 5.01 Å². The molecule has 0 saturated heterocycles. The van der Waals surface area contributed by atoms with Crippen molar-refractivity contribution in [2.75, 3.05) is 10.3 Å². The fourth-order valence-electron chi connectivity index (χ4n) is 10.7. The number of guanidine groups is 2. The van der Waals surface area contributed by atoms with Crippen LogP contribution in [0.4, 0.5) is 22.7 Å². The highest BCUT2D eigenvalue weighted by atomic mass is 15.6. The predicted octanol–water partition coefficient (Wildman–Crippen LogP) is 9.90. The smallest absolute Gasteiger partial charge is 0.368 e. The van der Waals surface area contributed by atoms with Gasteiger partial charge in [0, 0.05) is 21.5 Å². The molecule has 8 aromatic rings. The van der Waals surface area contributed by atoms with E-state index >= 15 is 0 Å². The molecule has 0 fully saturated rings. The van der Waals surface area contributed by atoms with Crippen molar-refractivity contribution in [2.24, 2.45) is 5.73 Å². The monoisotopic (exact) mass is 725 g/mol. The lowest BCUT2D eigenvalue weighted by Gasteiger charge is -2.26. The van der Waals surface area contributed by atoms with Crippen molar-refractivity contribution in [3.05, 3.63) is 166 Å². The summed E-state index contributed by atoms with van der Waals surface area (Å²) in [5.41, 5.74) is 25.0. The summed E-state index contributed by atoms with van der Waals surface area (Å²) in [6, 6.07) is 45.2. The molecular formula is C50H41N6+. The first kappa shape index (κ1) is 31.7. The molecule has 0 bridgehead atoms. The molecule has 56 heavy (non-hydrogen) atoms. The maximum Gasteiger partial charge on any atom is 0.390 e. The summed E-state index contributed by atoms with van der Waals surface area (Å²) >= 11 is 0. The Morgan fingerprint density at radius 3 is 1.36 bits per heavy atom. The number of benzene rings is 8. The number of hydrazine groups is 1. The molecule has 270 valence electrons. The second-order valence-electron chi connectivity index (χ2n) is 16.0. The summed E-state index contributed by atoms with van der Waals surface area (Å²) in [5, 5.41) is 25.1. The van der Waals surface area contributed by atoms with Gasteiger partial charge in [0.1, 0.15) is 22.7 Å². The van der Waals surface area contributed by atoms with Gasteiger partial charge in [-0.25, -0.2) is 10.7 Å². The highest BCUT2D eigenvalue weighted by molar-refractivity contribution is 6.19. The van der Waals surface area contributed by atoms with Crippen LogP contribution in [-0.4, -0.2) is 11.9 Å². The number of nitrogens with two attached hydrogens (primary N) is 1. The lowest BCUT2D eigenvalue weighted by Crippen LogP contribution is -2.54. The van der Waals surface area contributed by atoms with Crippen molar-refractivity contribution < 1.29 is 0 Å². The van der Waals surface area contributed by atoms with Gasteiger partial charge in [0.2, 0.25) is 5.96 Å². The number of nitrogens with zero attached hydrogens (tertiary/aromatic N) is 2. The van der Waals surface area contributed by atoms with E-state index in [0.717, 1.165) is 85.5 Å². The van der Waals surface area contributed by atoms with Gasteiger partial charge < -0.3 is 5.73 Å². The third-order valence-corrected chi connectivity index (χ3v) is 13.1. The number of hydrogen-bond acceptors (Lipinski definition) is 1. The normalized spacial score (nSPS) is 14.4. The Morgan fingerprint density at radius 1 is 0.464 bits per heavy atom. The van der Waals surface area contributed by atoms with Gasteiger partial charge in [-0.2, -0.15) is 4.58 Å². The standard InChI is InChI=1S/C50H40N6/c51-49(52)54-56(44-28-24-36-20-16-32-8-4-12-40(44)48(32)36)50(53-41-25-21-33-17-13-29-5-1-9-37(41)45(29)33)55(42-26-22-34-18-14-30-6-2-10-38(42)46(30)34)43-27-23-35-19-15-31-7-3-11-39(43)47(31)35/h1-12,21-28H,13-20H2,(H4,51,52,54)/p+1. The number of rotatable bonds is 4. The van der Waals surface area contributed by atoms with Gasteiger partial charge in [-0.15, -0.1) is 5.01 Å². The zero-order valence-electron chi connectivity index (χ0n) is 31.2. The van der Waals surface area contributed by atoms with E-state index in [1.54, 1.807) is 0 Å². The van der Waals surface area contributed by atoms with Crippen LogP contribution in [0.15, 0.2) is 121 Å². The van der Waals surface area contributed by atoms with Crippen molar-refractivity contribution in [2.45, 2.75) is 51.4 Å². The van der Waals surface area contributed by atoms with Crippen LogP contribution in [0, 0.1) is 5.41 Å². The third-order valence-electron chi connectivity index (χ3n) is 13.1. The number of anilines is 2. The maximum atomic E-state index is 8.85. The molecule has 6 heteroatoms. The van der Waals surface area contributed by atoms with Crippen LogP contribution in [0.1, 0.15) is 44.5 Å². The van der Waals surface area contributed by atoms with Crippen LogP contribution in [0.25, 0.3) is 43.1 Å². The van der Waals surface area contributed by atoms with Crippen LogP contribution in [0.2, 0.25) is 0 Å². The van der Waals surface area contributed by atoms with Crippen molar-refractivity contribution in [1.29, 1.82) is 5.41 Å². The quantitative estimate of drug-likeness (QED) is 0.0631. The highest BCUT2D eigenvalue weighted by Gasteiger charge is 2.35. The summed E-state index contributed by atoms with van der Waals surface area (Å²) in [5.74, 6) is 0.601. The minimum atomic E-state index is -0.145. The van der Waals surface area contributed by atoms with Crippen molar-refractivity contribution in [1.82, 2.24) is 10.0 Å². The third kappa shape index (κ3) is 4.56. The molecule has 0 heterocycles. The van der Waals surface area contributed by atoms with Crippen molar-refractivity contribution >= 4 is 77.8 Å². The van der Waals surface area contributed by atoms with Crippen molar-refractivity contribution in [3.8, 4) is 0 Å². The van der Waals surface area contributed by atoms with Crippen LogP contribution in [-0.2, 0) is 51.4 Å². The fraction of sp³-hybridized carbons (Fsp3) is 0.160. The molecule has 0 aliphatic heterocycles. The summed E-state index contributed by atoms with van der Waals surface area (Å²) in [6.45, 7) is 0. The van der Waals surface area contributed by atoms with Crippen LogP contribution < -0.4 is 26.1 Å². The Labute approximate surface area is 325 Å². The zero-order valence-corrected chi connectivity index (χ0v) is 31.2. The fourth-order valence-corrected chi connectivity index (χ4v) is 10.7. The van der Waals surface area contributed by atoms with Gasteiger partial charge in [-0.3, -0.25) is 5.41 Å². The van der Waals surface area contributed by atoms with Crippen LogP contribution in [0.3, 0.4) is 0 Å². The van der Waals surface area contributed by atoms with Gasteiger partial charge in [-0.1, -0.05) is 97.1 Å². The average Bonchev–Trinajstić information content (AvgIpc) is 4.04. The van der Waals surface area contributed by atoms with Crippen LogP contribution >= 0.6 is 0 Å². The molecule has 4 aliphatic rings. The molecule has 0 radical (unpaired) electrons. The predicted molar refractivity (Wildman–Crippen MR) is 233 cm³/mol. The second-order valence-corrected chi connectivity index (χ2v) is 16.0. The van der Waals surface area contributed by atoms with E-state index in [1.165, 1.54) is 82.2 Å². The Hall–Kier alpha value is -6.66. The Balaban J connectivity index is 1.24. The molecule has 4 aliphatic carbocycles. The molecule has 0 unspecified atom stereocenters. The zero-order chi connectivity index (χ0) is 37.1. The first-order chi connectivity index (χ1) is 27.6. The maximum absolute atomic E-state index is 8.85. The first-order valence-electron chi connectivity index (χ1n) is 20.1. The lowest BCUT2D eigenvalue weighted by atomic mass is 10.0. The van der Waals surface area contributed by atoms with E-state index in [4.69, 9.17) is 11.1 Å². The molecule has 5 N–H and O–H groups in total. The van der Waals surface area contributed by atoms with E-state index in [9.17, 15) is 0 Å². The van der Waals surface area contributed by atoms with Crippen LogP contribution in [0.5, 0.6) is 0 Å². The number of aryl methyl sites for hydroxylation is 8. The molecule has 6 nitrogen and oxygen atoms in total. The molecule has 0 spiro atoms. The Bertz CT molecular complexity index is 2940. The molecule has 8 aromatic carbocycles. The Kier molecular flexibility index (Phi) is 6.74. The highest BCUT2D eigenvalue weighted by Crippen LogP contribution is 2.44. The van der Waals surface area contributed by atoms with Gasteiger partial charge in [0.15, 0.2) is 0 Å². The lowest BCUT2D eigenvalue weighted by molar-refractivity contribution is 0.911. The Morgan fingerprint density at radius 2 is 0.857 bits per heavy atom. The minimum Gasteiger partial charge on any atom is -0.368 e. The van der Waals surface area contributed by atoms with E-state index in [2.05, 4.69) is 137 Å². The summed E-state index contributed by atoms with van der Waals surface area (Å²) in [4.78, 5) is 0. The summed E-state index contributed by atoms with van der Waals surface area (Å²) in [6.07, 6.45) is 8.35. The van der Waals surface area contributed by atoms with Gasteiger partial charge in [0.05, 0.1) is 0 Å². The van der Waals surface area contributed by atoms with Gasteiger partial charge in [0.25, 0.3) is 0 Å².